The molecule has 1 N–H and O–H groups in total. The fraction of sp³-hybridized carbons (Fsp3) is 0.158. The molecule has 1 atom stereocenters. The number of hydrogen-bond donors (Lipinski definition) is 1. The molecule has 0 bridgehead atoms. The van der Waals surface area contributed by atoms with Crippen LogP contribution in [-0.4, -0.2) is 16.5 Å². The summed E-state index contributed by atoms with van der Waals surface area (Å²) < 4.78 is 0. The zero-order chi connectivity index (χ0) is 16.4. The zero-order valence-corrected chi connectivity index (χ0v) is 13.0. The largest absolute Gasteiger partial charge is 0.355 e. The summed E-state index contributed by atoms with van der Waals surface area (Å²) in [6.45, 7) is 5.72. The van der Waals surface area contributed by atoms with E-state index in [9.17, 15) is 10.1 Å². The lowest BCUT2D eigenvalue weighted by Crippen LogP contribution is -2.14. The van der Waals surface area contributed by atoms with Gasteiger partial charge in [0.05, 0.1) is 5.92 Å². The van der Waals surface area contributed by atoms with E-state index < -0.39 is 0 Å². The van der Waals surface area contributed by atoms with Crippen LogP contribution < -0.4 is 0 Å². The first-order chi connectivity index (χ1) is 11.1. The molecule has 0 aliphatic carbocycles. The van der Waals surface area contributed by atoms with Crippen molar-refractivity contribution in [3.8, 4) is 0 Å². The Balaban J connectivity index is 2.22. The Labute approximate surface area is 134 Å². The van der Waals surface area contributed by atoms with E-state index in [1.165, 1.54) is 0 Å². The number of rotatable bonds is 5. The van der Waals surface area contributed by atoms with Gasteiger partial charge in [-0.25, -0.2) is 0 Å². The molecular weight excluding hydrogens is 288 g/mol. The van der Waals surface area contributed by atoms with Crippen molar-refractivity contribution >= 4 is 17.0 Å². The van der Waals surface area contributed by atoms with Gasteiger partial charge < -0.3 is 4.98 Å². The average Bonchev–Trinajstić information content (AvgIpc) is 2.92. The van der Waals surface area contributed by atoms with E-state index in [4.69, 9.17) is 0 Å². The molecule has 0 aliphatic rings. The lowest BCUT2D eigenvalue weighted by molar-refractivity contribution is -0.481. The normalized spacial score (nSPS) is 12.2. The Morgan fingerprint density at radius 2 is 1.91 bits per heavy atom. The molecule has 0 amide bonds. The van der Waals surface area contributed by atoms with E-state index in [2.05, 4.69) is 11.6 Å². The van der Waals surface area contributed by atoms with Crippen molar-refractivity contribution in [3.05, 3.63) is 87.6 Å². The summed E-state index contributed by atoms with van der Waals surface area (Å²) in [4.78, 5) is 14.3. The molecule has 0 spiro atoms. The summed E-state index contributed by atoms with van der Waals surface area (Å²) in [5, 5.41) is 12.3. The Morgan fingerprint density at radius 1 is 1.22 bits per heavy atom. The molecule has 0 saturated carbocycles. The highest BCUT2D eigenvalue weighted by Crippen LogP contribution is 2.34. The molecule has 1 heterocycles. The van der Waals surface area contributed by atoms with Crippen LogP contribution in [0.1, 0.15) is 28.3 Å². The summed E-state index contributed by atoms with van der Waals surface area (Å²) >= 11 is 0. The van der Waals surface area contributed by atoms with Crippen LogP contribution in [0.5, 0.6) is 0 Å². The number of benzene rings is 2. The number of H-pyrrole nitrogens is 1. The molecule has 0 radical (unpaired) electrons. The van der Waals surface area contributed by atoms with E-state index >= 15 is 0 Å². The molecular formula is C19H18N2O2. The molecule has 3 rings (SSSR count). The van der Waals surface area contributed by atoms with Crippen LogP contribution in [0.4, 0.5) is 0 Å². The van der Waals surface area contributed by atoms with Crippen LogP contribution in [0.15, 0.2) is 55.1 Å². The highest BCUT2D eigenvalue weighted by atomic mass is 16.6. The molecule has 2 aromatic carbocycles. The number of para-hydroxylation sites is 1. The maximum absolute atomic E-state index is 11.3. The molecule has 116 valence electrons. The van der Waals surface area contributed by atoms with Crippen molar-refractivity contribution < 1.29 is 4.92 Å². The van der Waals surface area contributed by atoms with Crippen LogP contribution >= 0.6 is 0 Å². The smallest absolute Gasteiger partial charge is 0.214 e. The topological polar surface area (TPSA) is 58.9 Å². The molecule has 1 aromatic heterocycles. The van der Waals surface area contributed by atoms with Crippen LogP contribution in [0, 0.1) is 17.0 Å². The fourth-order valence-corrected chi connectivity index (χ4v) is 3.03. The number of hydrogen-bond acceptors (Lipinski definition) is 2. The second-order valence-electron chi connectivity index (χ2n) is 5.68. The van der Waals surface area contributed by atoms with Crippen molar-refractivity contribution in [2.24, 2.45) is 0 Å². The third-order valence-corrected chi connectivity index (χ3v) is 4.14. The van der Waals surface area contributed by atoms with Crippen LogP contribution in [0.3, 0.4) is 0 Å². The molecule has 0 saturated heterocycles. The lowest BCUT2D eigenvalue weighted by atomic mass is 9.88. The summed E-state index contributed by atoms with van der Waals surface area (Å²) in [6, 6.07) is 15.8. The summed E-state index contributed by atoms with van der Waals surface area (Å²) in [5.41, 5.74) is 4.84. The molecule has 4 nitrogen and oxygen atoms in total. The van der Waals surface area contributed by atoms with Crippen molar-refractivity contribution in [1.82, 2.24) is 4.98 Å². The average molecular weight is 306 g/mol. The van der Waals surface area contributed by atoms with Gasteiger partial charge in [0.15, 0.2) is 0 Å². The number of fused-ring (bicyclic) bond motifs is 1. The van der Waals surface area contributed by atoms with Crippen molar-refractivity contribution in [2.45, 2.75) is 12.8 Å². The van der Waals surface area contributed by atoms with Crippen LogP contribution in [0.25, 0.3) is 17.0 Å². The van der Waals surface area contributed by atoms with E-state index in [0.717, 1.165) is 33.3 Å². The van der Waals surface area contributed by atoms with Gasteiger partial charge in [0.25, 0.3) is 0 Å². The van der Waals surface area contributed by atoms with Gasteiger partial charge in [0.1, 0.15) is 0 Å². The van der Waals surface area contributed by atoms with E-state index in [1.807, 2.05) is 55.5 Å². The van der Waals surface area contributed by atoms with Crippen LogP contribution in [0.2, 0.25) is 0 Å². The predicted octanol–water partition coefficient (Wildman–Crippen LogP) is 4.53. The standard InChI is InChI=1S/C19H18N2O2/c1-3-17-19(15-6-4-5-7-18(15)20-17)16(12-21(22)23)14-10-8-13(2)9-11-14/h3-11,16,20H,1,12H2,2H3. The first-order valence-electron chi connectivity index (χ1n) is 7.51. The summed E-state index contributed by atoms with van der Waals surface area (Å²) in [5.74, 6) is -0.310. The van der Waals surface area contributed by atoms with E-state index in [1.54, 1.807) is 6.08 Å². The second kappa shape index (κ2) is 6.08. The van der Waals surface area contributed by atoms with Gasteiger partial charge in [-0.3, -0.25) is 10.1 Å². The molecule has 0 aliphatic heterocycles. The Bertz CT molecular complexity index is 863. The summed E-state index contributed by atoms with van der Waals surface area (Å²) in [6.07, 6.45) is 1.73. The third-order valence-electron chi connectivity index (χ3n) is 4.14. The monoisotopic (exact) mass is 306 g/mol. The number of aromatic nitrogens is 1. The predicted molar refractivity (Wildman–Crippen MR) is 93.3 cm³/mol. The second-order valence-corrected chi connectivity index (χ2v) is 5.68. The Hall–Kier alpha value is -2.88. The molecule has 1 unspecified atom stereocenters. The maximum atomic E-state index is 11.3. The summed E-state index contributed by atoms with van der Waals surface area (Å²) in [7, 11) is 0. The number of nitrogens with one attached hydrogen (secondary N) is 1. The van der Waals surface area contributed by atoms with E-state index in [-0.39, 0.29) is 17.4 Å². The lowest BCUT2D eigenvalue weighted by Gasteiger charge is -2.15. The van der Waals surface area contributed by atoms with Gasteiger partial charge in [-0.05, 0) is 30.2 Å². The Morgan fingerprint density at radius 3 is 2.57 bits per heavy atom. The van der Waals surface area contributed by atoms with Gasteiger partial charge in [-0.1, -0.05) is 54.6 Å². The minimum Gasteiger partial charge on any atom is -0.355 e. The highest BCUT2D eigenvalue weighted by Gasteiger charge is 2.25. The third kappa shape index (κ3) is 2.88. The van der Waals surface area contributed by atoms with Crippen molar-refractivity contribution in [2.75, 3.05) is 6.54 Å². The molecule has 0 fully saturated rings. The number of aromatic amines is 1. The van der Waals surface area contributed by atoms with E-state index in [0.29, 0.717) is 0 Å². The number of nitro groups is 1. The fourth-order valence-electron chi connectivity index (χ4n) is 3.03. The Kier molecular flexibility index (Phi) is 3.98. The first kappa shape index (κ1) is 15.0. The van der Waals surface area contributed by atoms with Gasteiger partial charge in [0.2, 0.25) is 6.54 Å². The minimum absolute atomic E-state index is 0.147. The zero-order valence-electron chi connectivity index (χ0n) is 13.0. The van der Waals surface area contributed by atoms with Crippen molar-refractivity contribution in [3.63, 3.8) is 0 Å². The molecule has 4 heteroatoms. The van der Waals surface area contributed by atoms with Gasteiger partial charge in [0, 0.05) is 21.5 Å². The van der Waals surface area contributed by atoms with Gasteiger partial charge >= 0.3 is 0 Å². The quantitative estimate of drug-likeness (QED) is 0.556. The SMILES string of the molecule is C=Cc1[nH]c2ccccc2c1C(C[N+](=O)[O-])c1ccc(C)cc1. The van der Waals surface area contributed by atoms with Gasteiger partial charge in [-0.2, -0.15) is 0 Å². The van der Waals surface area contributed by atoms with Crippen molar-refractivity contribution in [1.29, 1.82) is 0 Å². The van der Waals surface area contributed by atoms with Crippen LogP contribution in [-0.2, 0) is 0 Å². The molecule has 3 aromatic rings. The maximum Gasteiger partial charge on any atom is 0.214 e. The minimum atomic E-state index is -0.310. The number of nitrogens with zero attached hydrogens (tertiary/aromatic N) is 1. The molecule has 23 heavy (non-hydrogen) atoms. The number of aryl methyl sites for hydroxylation is 1. The van der Waals surface area contributed by atoms with Gasteiger partial charge in [-0.15, -0.1) is 0 Å². The highest BCUT2D eigenvalue weighted by molar-refractivity contribution is 5.88. The first-order valence-corrected chi connectivity index (χ1v) is 7.51.